The third kappa shape index (κ3) is 5.22. The van der Waals surface area contributed by atoms with Crippen LogP contribution in [0.25, 0.3) is 11.4 Å². The molecule has 3 aromatic rings. The van der Waals surface area contributed by atoms with Crippen LogP contribution in [0.2, 0.25) is 10.0 Å². The minimum atomic E-state index is -0.200. The lowest BCUT2D eigenvalue weighted by molar-refractivity contribution is -0.113. The maximum atomic E-state index is 12.6. The molecule has 1 amide bonds. The van der Waals surface area contributed by atoms with E-state index in [1.165, 1.54) is 31.0 Å². The summed E-state index contributed by atoms with van der Waals surface area (Å²) in [6.07, 6.45) is 5.77. The topological polar surface area (TPSA) is 69.0 Å². The summed E-state index contributed by atoms with van der Waals surface area (Å²) in [5.41, 5.74) is 1.40. The third-order valence-electron chi connectivity index (χ3n) is 5.51. The molecule has 0 saturated heterocycles. The number of rotatable bonds is 7. The Morgan fingerprint density at radius 2 is 1.78 bits per heavy atom. The average molecular weight is 491 g/mol. The zero-order valence-corrected chi connectivity index (χ0v) is 20.0. The predicted octanol–water partition coefficient (Wildman–Crippen LogP) is 6.50. The van der Waals surface area contributed by atoms with Gasteiger partial charge in [-0.25, -0.2) is 0 Å². The molecule has 0 radical (unpaired) electrons. The van der Waals surface area contributed by atoms with Crippen LogP contribution in [0.1, 0.15) is 38.1 Å². The molecule has 0 spiro atoms. The van der Waals surface area contributed by atoms with Gasteiger partial charge in [-0.1, -0.05) is 60.3 Å². The molecule has 0 atom stereocenters. The average Bonchev–Trinajstić information content (AvgIpc) is 3.25. The van der Waals surface area contributed by atoms with E-state index in [1.54, 1.807) is 25.3 Å². The molecule has 9 heteroatoms. The van der Waals surface area contributed by atoms with Gasteiger partial charge in [-0.2, -0.15) is 0 Å². The number of carbonyl (C=O) groups is 1. The summed E-state index contributed by atoms with van der Waals surface area (Å²) in [6, 6.07) is 13.3. The van der Waals surface area contributed by atoms with E-state index in [0.717, 1.165) is 35.1 Å². The lowest BCUT2D eigenvalue weighted by Gasteiger charge is -2.25. The van der Waals surface area contributed by atoms with Crippen molar-refractivity contribution < 1.29 is 9.53 Å². The molecule has 1 saturated carbocycles. The Morgan fingerprint density at radius 3 is 2.44 bits per heavy atom. The third-order valence-corrected chi connectivity index (χ3v) is 7.09. The highest BCUT2D eigenvalue weighted by Crippen LogP contribution is 2.36. The molecule has 168 valence electrons. The fraction of sp³-hybridized carbons (Fsp3) is 0.348. The summed E-state index contributed by atoms with van der Waals surface area (Å²) in [5, 5.41) is 13.3. The number of ether oxygens (including phenoxy) is 1. The number of benzene rings is 2. The Bertz CT molecular complexity index is 1060. The van der Waals surface area contributed by atoms with E-state index in [2.05, 4.69) is 20.1 Å². The maximum Gasteiger partial charge on any atom is 0.234 e. The van der Waals surface area contributed by atoms with E-state index in [9.17, 15) is 4.79 Å². The summed E-state index contributed by atoms with van der Waals surface area (Å²) < 4.78 is 7.47. The van der Waals surface area contributed by atoms with Crippen LogP contribution in [-0.2, 0) is 4.79 Å². The molecule has 1 fully saturated rings. The summed E-state index contributed by atoms with van der Waals surface area (Å²) >= 11 is 13.7. The molecule has 1 aliphatic carbocycles. The molecule has 1 aliphatic rings. The van der Waals surface area contributed by atoms with Crippen molar-refractivity contribution in [2.24, 2.45) is 0 Å². The fourth-order valence-corrected chi connectivity index (χ4v) is 5.20. The number of nitrogens with one attached hydrogen (secondary N) is 1. The van der Waals surface area contributed by atoms with Crippen LogP contribution in [0.5, 0.6) is 5.75 Å². The molecular formula is C23H24Cl2N4O2S. The van der Waals surface area contributed by atoms with Gasteiger partial charge < -0.3 is 10.1 Å². The van der Waals surface area contributed by atoms with Gasteiger partial charge in [-0.15, -0.1) is 10.2 Å². The lowest BCUT2D eigenvalue weighted by Crippen LogP contribution is -2.17. The van der Waals surface area contributed by atoms with Crippen molar-refractivity contribution in [3.05, 3.63) is 52.5 Å². The minimum absolute atomic E-state index is 0.176. The molecule has 0 aliphatic heterocycles. The summed E-state index contributed by atoms with van der Waals surface area (Å²) in [6.45, 7) is 0. The van der Waals surface area contributed by atoms with Crippen molar-refractivity contribution >= 4 is 46.6 Å². The van der Waals surface area contributed by atoms with E-state index < -0.39 is 0 Å². The van der Waals surface area contributed by atoms with E-state index >= 15 is 0 Å². The van der Waals surface area contributed by atoms with Crippen LogP contribution in [0, 0.1) is 0 Å². The number of para-hydroxylation sites is 1. The van der Waals surface area contributed by atoms with E-state index in [4.69, 9.17) is 27.9 Å². The number of thioether (sulfide) groups is 1. The van der Waals surface area contributed by atoms with Crippen molar-refractivity contribution in [2.45, 2.75) is 43.3 Å². The van der Waals surface area contributed by atoms with Gasteiger partial charge in [0.15, 0.2) is 11.0 Å². The highest BCUT2D eigenvalue weighted by molar-refractivity contribution is 7.99. The Hall–Kier alpha value is -2.22. The van der Waals surface area contributed by atoms with E-state index in [-0.39, 0.29) is 11.7 Å². The monoisotopic (exact) mass is 490 g/mol. The van der Waals surface area contributed by atoms with Crippen LogP contribution in [0.15, 0.2) is 47.6 Å². The maximum absolute atomic E-state index is 12.6. The molecule has 0 bridgehead atoms. The van der Waals surface area contributed by atoms with Crippen LogP contribution in [0.3, 0.4) is 0 Å². The largest absolute Gasteiger partial charge is 0.497 e. The van der Waals surface area contributed by atoms with E-state index in [0.29, 0.717) is 21.8 Å². The molecular weight excluding hydrogens is 467 g/mol. The first-order chi connectivity index (χ1) is 15.6. The number of halogens is 2. The highest BCUT2D eigenvalue weighted by atomic mass is 35.5. The molecule has 0 unspecified atom stereocenters. The number of nitrogens with zero attached hydrogens (tertiary/aromatic N) is 3. The summed E-state index contributed by atoms with van der Waals surface area (Å²) in [7, 11) is 1.65. The predicted molar refractivity (Wildman–Crippen MR) is 130 cm³/mol. The first kappa shape index (κ1) is 23.0. The molecule has 32 heavy (non-hydrogen) atoms. The smallest absolute Gasteiger partial charge is 0.234 e. The lowest BCUT2D eigenvalue weighted by atomic mass is 9.95. The number of carbonyl (C=O) groups excluding carboxylic acids is 1. The van der Waals surface area contributed by atoms with Gasteiger partial charge in [-0.05, 0) is 49.2 Å². The van der Waals surface area contributed by atoms with Gasteiger partial charge in [0.05, 0.1) is 28.6 Å². The van der Waals surface area contributed by atoms with Crippen molar-refractivity contribution in [1.29, 1.82) is 0 Å². The number of methoxy groups -OCH3 is 1. The first-order valence-electron chi connectivity index (χ1n) is 10.5. The van der Waals surface area contributed by atoms with Crippen molar-refractivity contribution in [3.63, 3.8) is 0 Å². The first-order valence-corrected chi connectivity index (χ1v) is 12.3. The highest BCUT2D eigenvalue weighted by Gasteiger charge is 2.24. The molecule has 2 aromatic carbocycles. The van der Waals surface area contributed by atoms with Gasteiger partial charge in [-0.3, -0.25) is 9.36 Å². The molecule has 4 rings (SSSR count). The Balaban J connectivity index is 1.55. The number of anilines is 1. The Labute approximate surface area is 201 Å². The van der Waals surface area contributed by atoms with E-state index in [1.807, 2.05) is 24.3 Å². The van der Waals surface area contributed by atoms with Gasteiger partial charge in [0, 0.05) is 11.6 Å². The second kappa shape index (κ2) is 10.6. The zero-order valence-electron chi connectivity index (χ0n) is 17.7. The standard InChI is InChI=1S/C23H24Cl2N4O2S/c1-31-17-12-10-15(11-13-17)22-27-28-23(29(22)16-6-3-2-4-7-16)32-14-20(30)26-21-18(24)8-5-9-19(21)25/h5,8-13,16H,2-4,6-7,14H2,1H3,(H,26,30). The molecule has 6 nitrogen and oxygen atoms in total. The van der Waals surface area contributed by atoms with Crippen LogP contribution < -0.4 is 10.1 Å². The normalized spacial score (nSPS) is 14.3. The number of hydrogen-bond donors (Lipinski definition) is 1. The van der Waals surface area contributed by atoms with Gasteiger partial charge in [0.2, 0.25) is 5.91 Å². The van der Waals surface area contributed by atoms with Gasteiger partial charge in [0.25, 0.3) is 0 Å². The minimum Gasteiger partial charge on any atom is -0.497 e. The summed E-state index contributed by atoms with van der Waals surface area (Å²) in [4.78, 5) is 12.6. The Morgan fingerprint density at radius 1 is 1.09 bits per heavy atom. The second-order valence-electron chi connectivity index (χ2n) is 7.63. The van der Waals surface area contributed by atoms with Crippen LogP contribution in [0.4, 0.5) is 5.69 Å². The second-order valence-corrected chi connectivity index (χ2v) is 9.39. The molecule has 1 heterocycles. The number of aromatic nitrogens is 3. The van der Waals surface area contributed by atoms with Crippen LogP contribution >= 0.6 is 35.0 Å². The van der Waals surface area contributed by atoms with Gasteiger partial charge >= 0.3 is 0 Å². The number of amides is 1. The number of hydrogen-bond acceptors (Lipinski definition) is 5. The SMILES string of the molecule is COc1ccc(-c2nnc(SCC(=O)Nc3c(Cl)cccc3Cl)n2C2CCCCC2)cc1. The van der Waals surface area contributed by atoms with Gasteiger partial charge in [0.1, 0.15) is 5.75 Å². The fourth-order valence-electron chi connectivity index (χ4n) is 3.90. The molecule has 1 N–H and O–H groups in total. The molecule has 1 aromatic heterocycles. The quantitative estimate of drug-likeness (QED) is 0.382. The van der Waals surface area contributed by atoms with Crippen molar-refractivity contribution in [3.8, 4) is 17.1 Å². The van der Waals surface area contributed by atoms with Crippen LogP contribution in [-0.4, -0.2) is 33.5 Å². The van der Waals surface area contributed by atoms with Crippen molar-refractivity contribution in [2.75, 3.05) is 18.2 Å². The Kier molecular flexibility index (Phi) is 7.60. The zero-order chi connectivity index (χ0) is 22.5. The van der Waals surface area contributed by atoms with Crippen molar-refractivity contribution in [1.82, 2.24) is 14.8 Å². The summed E-state index contributed by atoms with van der Waals surface area (Å²) in [5.74, 6) is 1.59.